The van der Waals surface area contributed by atoms with E-state index < -0.39 is 0 Å². The van der Waals surface area contributed by atoms with Crippen LogP contribution in [0.25, 0.3) is 22.2 Å². The van der Waals surface area contributed by atoms with E-state index in [4.69, 9.17) is 4.52 Å². The van der Waals surface area contributed by atoms with E-state index in [0.29, 0.717) is 11.7 Å². The van der Waals surface area contributed by atoms with Gasteiger partial charge in [0.1, 0.15) is 0 Å². The molecule has 3 aromatic rings. The molecule has 2 aromatic heterocycles. The van der Waals surface area contributed by atoms with Gasteiger partial charge in [-0.15, -0.1) is 11.3 Å². The minimum absolute atomic E-state index is 0.103. The zero-order valence-corrected chi connectivity index (χ0v) is 14.2. The van der Waals surface area contributed by atoms with Crippen LogP contribution in [0.15, 0.2) is 40.9 Å². The Morgan fingerprint density at radius 1 is 1.12 bits per heavy atom. The van der Waals surface area contributed by atoms with Gasteiger partial charge in [-0.05, 0) is 44.0 Å². The molecule has 0 aliphatic carbocycles. The fourth-order valence-corrected chi connectivity index (χ4v) is 3.69. The molecule has 0 saturated carbocycles. The Hall–Kier alpha value is -2.47. The molecule has 0 unspecified atom stereocenters. The lowest BCUT2D eigenvalue weighted by Gasteiger charge is -2.13. The second-order valence-corrected chi connectivity index (χ2v) is 7.04. The Labute approximate surface area is 143 Å². The van der Waals surface area contributed by atoms with Gasteiger partial charge >= 0.3 is 0 Å². The summed E-state index contributed by atoms with van der Waals surface area (Å²) in [6, 6.07) is 11.7. The molecule has 3 heterocycles. The minimum atomic E-state index is 0.103. The van der Waals surface area contributed by atoms with E-state index in [1.165, 1.54) is 16.9 Å². The normalized spacial score (nSPS) is 14.3. The number of amides is 1. The molecule has 1 aliphatic rings. The summed E-state index contributed by atoms with van der Waals surface area (Å²) < 4.78 is 5.36. The van der Waals surface area contributed by atoms with Crippen molar-refractivity contribution in [3.05, 3.63) is 46.8 Å². The minimum Gasteiger partial charge on any atom is -0.338 e. The van der Waals surface area contributed by atoms with E-state index in [9.17, 15) is 4.79 Å². The van der Waals surface area contributed by atoms with E-state index in [0.717, 1.165) is 41.2 Å². The predicted octanol–water partition coefficient (Wildman–Crippen LogP) is 4.01. The van der Waals surface area contributed by atoms with Crippen molar-refractivity contribution in [3.8, 4) is 22.2 Å². The van der Waals surface area contributed by atoms with Gasteiger partial charge in [0.05, 0.1) is 9.75 Å². The molecule has 4 rings (SSSR count). The van der Waals surface area contributed by atoms with Crippen LogP contribution in [0.5, 0.6) is 0 Å². The Balaban J connectivity index is 1.56. The SMILES string of the molecule is Cc1ccc(-c2nc(-c3ccc(C(=O)N4CCCC4)s3)no2)cc1. The average Bonchev–Trinajstić information content (AvgIpc) is 3.34. The van der Waals surface area contributed by atoms with Crippen LogP contribution in [-0.4, -0.2) is 34.0 Å². The van der Waals surface area contributed by atoms with Crippen molar-refractivity contribution in [2.45, 2.75) is 19.8 Å². The molecule has 0 atom stereocenters. The monoisotopic (exact) mass is 339 g/mol. The van der Waals surface area contributed by atoms with Crippen molar-refractivity contribution in [1.29, 1.82) is 0 Å². The molecular formula is C18H17N3O2S. The Bertz CT molecular complexity index is 861. The maximum atomic E-state index is 12.4. The van der Waals surface area contributed by atoms with Crippen LogP contribution in [0.1, 0.15) is 28.1 Å². The van der Waals surface area contributed by atoms with Gasteiger partial charge in [0, 0.05) is 18.7 Å². The van der Waals surface area contributed by atoms with Crippen molar-refractivity contribution in [1.82, 2.24) is 15.0 Å². The highest BCUT2D eigenvalue weighted by atomic mass is 32.1. The zero-order valence-electron chi connectivity index (χ0n) is 13.4. The number of benzene rings is 1. The van der Waals surface area contributed by atoms with Crippen LogP contribution in [-0.2, 0) is 0 Å². The van der Waals surface area contributed by atoms with Crippen molar-refractivity contribution < 1.29 is 9.32 Å². The van der Waals surface area contributed by atoms with Crippen LogP contribution in [0, 0.1) is 6.92 Å². The van der Waals surface area contributed by atoms with E-state index in [1.807, 2.05) is 48.2 Å². The van der Waals surface area contributed by atoms with Gasteiger partial charge in [0.2, 0.25) is 5.82 Å². The third-order valence-electron chi connectivity index (χ3n) is 4.15. The van der Waals surface area contributed by atoms with Crippen molar-refractivity contribution in [3.63, 3.8) is 0 Å². The van der Waals surface area contributed by atoms with Gasteiger partial charge in [-0.25, -0.2) is 0 Å². The van der Waals surface area contributed by atoms with E-state index in [-0.39, 0.29) is 5.91 Å². The molecule has 1 aromatic carbocycles. The van der Waals surface area contributed by atoms with Gasteiger partial charge in [-0.2, -0.15) is 4.98 Å². The first-order valence-electron chi connectivity index (χ1n) is 8.01. The molecule has 0 radical (unpaired) electrons. The summed E-state index contributed by atoms with van der Waals surface area (Å²) in [5.41, 5.74) is 2.08. The molecule has 122 valence electrons. The molecule has 6 heteroatoms. The van der Waals surface area contributed by atoms with E-state index >= 15 is 0 Å². The van der Waals surface area contributed by atoms with Crippen LogP contribution >= 0.6 is 11.3 Å². The summed E-state index contributed by atoms with van der Waals surface area (Å²) in [4.78, 5) is 20.4. The highest BCUT2D eigenvalue weighted by Gasteiger charge is 2.22. The second kappa shape index (κ2) is 6.20. The first-order chi connectivity index (χ1) is 11.7. The lowest BCUT2D eigenvalue weighted by atomic mass is 10.1. The number of carbonyl (C=O) groups is 1. The maximum Gasteiger partial charge on any atom is 0.263 e. The number of hydrogen-bond donors (Lipinski definition) is 0. The number of nitrogens with zero attached hydrogens (tertiary/aromatic N) is 3. The van der Waals surface area contributed by atoms with Crippen LogP contribution in [0.2, 0.25) is 0 Å². The summed E-state index contributed by atoms with van der Waals surface area (Å²) in [6.45, 7) is 3.74. The van der Waals surface area contributed by atoms with E-state index in [2.05, 4.69) is 10.1 Å². The second-order valence-electron chi connectivity index (χ2n) is 5.95. The molecule has 1 amide bonds. The standard InChI is InChI=1S/C18H17N3O2S/c1-12-4-6-13(7-5-12)17-19-16(20-23-17)14-8-9-15(24-14)18(22)21-10-2-3-11-21/h4-9H,2-3,10-11H2,1H3. The van der Waals surface area contributed by atoms with Gasteiger partial charge in [-0.3, -0.25) is 4.79 Å². The Morgan fingerprint density at radius 3 is 2.62 bits per heavy atom. The zero-order chi connectivity index (χ0) is 16.5. The van der Waals surface area contributed by atoms with Gasteiger partial charge in [0.25, 0.3) is 11.8 Å². The summed E-state index contributed by atoms with van der Waals surface area (Å²) in [6.07, 6.45) is 2.18. The first kappa shape index (κ1) is 15.1. The predicted molar refractivity (Wildman–Crippen MR) is 92.9 cm³/mol. The van der Waals surface area contributed by atoms with Crippen molar-refractivity contribution in [2.75, 3.05) is 13.1 Å². The van der Waals surface area contributed by atoms with Crippen molar-refractivity contribution >= 4 is 17.2 Å². The summed E-state index contributed by atoms with van der Waals surface area (Å²) >= 11 is 1.42. The maximum absolute atomic E-state index is 12.4. The molecule has 1 fully saturated rings. The van der Waals surface area contributed by atoms with Crippen LogP contribution in [0.3, 0.4) is 0 Å². The number of rotatable bonds is 3. The fourth-order valence-electron chi connectivity index (χ4n) is 2.79. The summed E-state index contributed by atoms with van der Waals surface area (Å²) in [7, 11) is 0. The van der Waals surface area contributed by atoms with Gasteiger partial charge in [0.15, 0.2) is 0 Å². The highest BCUT2D eigenvalue weighted by molar-refractivity contribution is 7.17. The molecule has 24 heavy (non-hydrogen) atoms. The molecule has 0 spiro atoms. The number of aromatic nitrogens is 2. The third kappa shape index (κ3) is 2.85. The lowest BCUT2D eigenvalue weighted by Crippen LogP contribution is -2.26. The van der Waals surface area contributed by atoms with Crippen molar-refractivity contribution in [2.24, 2.45) is 0 Å². The summed E-state index contributed by atoms with van der Waals surface area (Å²) in [5.74, 6) is 1.12. The number of likely N-dealkylation sites (tertiary alicyclic amines) is 1. The largest absolute Gasteiger partial charge is 0.338 e. The molecule has 1 aliphatic heterocycles. The van der Waals surface area contributed by atoms with Gasteiger partial charge in [-0.1, -0.05) is 22.9 Å². The molecule has 5 nitrogen and oxygen atoms in total. The number of aryl methyl sites for hydroxylation is 1. The molecule has 1 saturated heterocycles. The lowest BCUT2D eigenvalue weighted by molar-refractivity contribution is 0.0797. The average molecular weight is 339 g/mol. The third-order valence-corrected chi connectivity index (χ3v) is 5.22. The quantitative estimate of drug-likeness (QED) is 0.723. The molecular weight excluding hydrogens is 322 g/mol. The Morgan fingerprint density at radius 2 is 1.88 bits per heavy atom. The highest BCUT2D eigenvalue weighted by Crippen LogP contribution is 2.29. The van der Waals surface area contributed by atoms with Crippen LogP contribution < -0.4 is 0 Å². The fraction of sp³-hybridized carbons (Fsp3) is 0.278. The number of hydrogen-bond acceptors (Lipinski definition) is 5. The Kier molecular flexibility index (Phi) is 3.90. The first-order valence-corrected chi connectivity index (χ1v) is 8.82. The molecule has 0 bridgehead atoms. The number of thiophene rings is 1. The smallest absolute Gasteiger partial charge is 0.263 e. The van der Waals surface area contributed by atoms with E-state index in [1.54, 1.807) is 0 Å². The topological polar surface area (TPSA) is 59.2 Å². The van der Waals surface area contributed by atoms with Crippen LogP contribution in [0.4, 0.5) is 0 Å². The van der Waals surface area contributed by atoms with Gasteiger partial charge < -0.3 is 9.42 Å². The summed E-state index contributed by atoms with van der Waals surface area (Å²) in [5, 5.41) is 4.05. The molecule has 0 N–H and O–H groups in total. The number of carbonyl (C=O) groups excluding carboxylic acids is 1.